The summed E-state index contributed by atoms with van der Waals surface area (Å²) in [6.07, 6.45) is 9.00. The van der Waals surface area contributed by atoms with Crippen LogP contribution in [-0.2, 0) is 9.47 Å². The first kappa shape index (κ1) is 14.8. The molecule has 3 nitrogen and oxygen atoms in total. The van der Waals surface area contributed by atoms with Gasteiger partial charge in [0.1, 0.15) is 0 Å². The summed E-state index contributed by atoms with van der Waals surface area (Å²) in [7, 11) is 0. The molecule has 0 aromatic rings. The Kier molecular flexibility index (Phi) is 4.68. The molecule has 4 atom stereocenters. The van der Waals surface area contributed by atoms with Gasteiger partial charge < -0.3 is 14.8 Å². The molecule has 3 heteroatoms. The molecule has 2 aliphatic heterocycles. The van der Waals surface area contributed by atoms with E-state index in [0.717, 1.165) is 50.5 Å². The Morgan fingerprint density at radius 1 is 1.10 bits per heavy atom. The monoisotopic (exact) mass is 281 g/mol. The maximum absolute atomic E-state index is 6.06. The van der Waals surface area contributed by atoms with Crippen molar-refractivity contribution in [2.45, 2.75) is 76.5 Å². The smallest absolute Gasteiger partial charge is 0.0951 e. The van der Waals surface area contributed by atoms with Gasteiger partial charge in [-0.25, -0.2) is 0 Å². The molecule has 0 amide bonds. The largest absolute Gasteiger partial charge is 0.378 e. The molecule has 116 valence electrons. The van der Waals surface area contributed by atoms with Crippen LogP contribution in [0, 0.1) is 11.8 Å². The van der Waals surface area contributed by atoms with Crippen LogP contribution in [0.25, 0.3) is 0 Å². The lowest BCUT2D eigenvalue weighted by molar-refractivity contribution is -0.0916. The van der Waals surface area contributed by atoms with Crippen molar-refractivity contribution in [2.75, 3.05) is 19.8 Å². The zero-order chi connectivity index (χ0) is 14.0. The Morgan fingerprint density at radius 3 is 2.70 bits per heavy atom. The SMILES string of the molecule is CC(C)C1CCCCC1NC1CCOC2(CCOC2)C1. The van der Waals surface area contributed by atoms with Crippen molar-refractivity contribution >= 4 is 0 Å². The molecule has 1 saturated carbocycles. The van der Waals surface area contributed by atoms with Crippen LogP contribution < -0.4 is 5.32 Å². The highest BCUT2D eigenvalue weighted by molar-refractivity contribution is 4.95. The van der Waals surface area contributed by atoms with Crippen LogP contribution in [0.3, 0.4) is 0 Å². The molecule has 3 rings (SSSR count). The van der Waals surface area contributed by atoms with E-state index in [0.29, 0.717) is 6.04 Å². The Balaban J connectivity index is 1.58. The molecular formula is C17H31NO2. The number of hydrogen-bond donors (Lipinski definition) is 1. The van der Waals surface area contributed by atoms with Crippen molar-refractivity contribution in [2.24, 2.45) is 11.8 Å². The summed E-state index contributed by atoms with van der Waals surface area (Å²) in [6.45, 7) is 7.37. The van der Waals surface area contributed by atoms with Gasteiger partial charge in [-0.2, -0.15) is 0 Å². The van der Waals surface area contributed by atoms with Gasteiger partial charge >= 0.3 is 0 Å². The van der Waals surface area contributed by atoms with E-state index >= 15 is 0 Å². The lowest BCUT2D eigenvalue weighted by atomic mass is 9.77. The van der Waals surface area contributed by atoms with Crippen LogP contribution in [0.15, 0.2) is 0 Å². The first-order valence-electron chi connectivity index (χ1n) is 8.66. The minimum Gasteiger partial charge on any atom is -0.378 e. The predicted molar refractivity (Wildman–Crippen MR) is 80.9 cm³/mol. The zero-order valence-electron chi connectivity index (χ0n) is 13.2. The number of ether oxygens (including phenoxy) is 2. The van der Waals surface area contributed by atoms with Crippen molar-refractivity contribution in [3.8, 4) is 0 Å². The summed E-state index contributed by atoms with van der Waals surface area (Å²) >= 11 is 0. The maximum Gasteiger partial charge on any atom is 0.0951 e. The Labute approximate surface area is 123 Å². The van der Waals surface area contributed by atoms with Crippen LogP contribution in [0.1, 0.15) is 58.8 Å². The maximum atomic E-state index is 6.06. The topological polar surface area (TPSA) is 30.5 Å². The van der Waals surface area contributed by atoms with E-state index in [1.165, 1.54) is 32.1 Å². The summed E-state index contributed by atoms with van der Waals surface area (Å²) in [5.41, 5.74) is 0.0396. The molecule has 3 fully saturated rings. The number of nitrogens with one attached hydrogen (secondary N) is 1. The van der Waals surface area contributed by atoms with Crippen LogP contribution in [0.5, 0.6) is 0 Å². The average molecular weight is 281 g/mol. The highest BCUT2D eigenvalue weighted by Crippen LogP contribution is 2.35. The Hall–Kier alpha value is -0.120. The van der Waals surface area contributed by atoms with Crippen LogP contribution >= 0.6 is 0 Å². The van der Waals surface area contributed by atoms with Gasteiger partial charge in [0.15, 0.2) is 0 Å². The van der Waals surface area contributed by atoms with Gasteiger partial charge in [-0.15, -0.1) is 0 Å². The highest BCUT2D eigenvalue weighted by Gasteiger charge is 2.42. The molecule has 4 unspecified atom stereocenters. The summed E-state index contributed by atoms with van der Waals surface area (Å²) in [5.74, 6) is 1.67. The fraction of sp³-hybridized carbons (Fsp3) is 1.00. The molecule has 1 spiro atoms. The third-order valence-electron chi connectivity index (χ3n) is 5.69. The molecule has 3 aliphatic rings. The molecule has 0 radical (unpaired) electrons. The van der Waals surface area contributed by atoms with Crippen molar-refractivity contribution in [1.82, 2.24) is 5.32 Å². The summed E-state index contributed by atoms with van der Waals surface area (Å²) in [5, 5.41) is 4.00. The van der Waals surface area contributed by atoms with Crippen LogP contribution in [0.2, 0.25) is 0 Å². The van der Waals surface area contributed by atoms with Crippen molar-refractivity contribution in [3.05, 3.63) is 0 Å². The van der Waals surface area contributed by atoms with Gasteiger partial charge in [-0.1, -0.05) is 26.7 Å². The van der Waals surface area contributed by atoms with Crippen molar-refractivity contribution < 1.29 is 9.47 Å². The lowest BCUT2D eigenvalue weighted by Crippen LogP contribution is -2.52. The number of hydrogen-bond acceptors (Lipinski definition) is 3. The minimum atomic E-state index is 0.0396. The van der Waals surface area contributed by atoms with Crippen molar-refractivity contribution in [1.29, 1.82) is 0 Å². The minimum absolute atomic E-state index is 0.0396. The molecular weight excluding hydrogens is 250 g/mol. The van der Waals surface area contributed by atoms with E-state index in [1.807, 2.05) is 0 Å². The summed E-state index contributed by atoms with van der Waals surface area (Å²) in [4.78, 5) is 0. The van der Waals surface area contributed by atoms with Crippen LogP contribution in [0.4, 0.5) is 0 Å². The van der Waals surface area contributed by atoms with E-state index in [-0.39, 0.29) is 5.60 Å². The van der Waals surface area contributed by atoms with E-state index in [9.17, 15) is 0 Å². The first-order chi connectivity index (χ1) is 9.69. The van der Waals surface area contributed by atoms with Gasteiger partial charge in [0, 0.05) is 31.7 Å². The highest BCUT2D eigenvalue weighted by atomic mass is 16.6. The van der Waals surface area contributed by atoms with Gasteiger partial charge in [0.25, 0.3) is 0 Å². The van der Waals surface area contributed by atoms with Crippen molar-refractivity contribution in [3.63, 3.8) is 0 Å². The average Bonchev–Trinajstić information content (AvgIpc) is 2.87. The quantitative estimate of drug-likeness (QED) is 0.862. The molecule has 1 N–H and O–H groups in total. The van der Waals surface area contributed by atoms with E-state index in [4.69, 9.17) is 9.47 Å². The number of rotatable bonds is 3. The fourth-order valence-electron chi connectivity index (χ4n) is 4.50. The molecule has 2 heterocycles. The van der Waals surface area contributed by atoms with Gasteiger partial charge in [0.2, 0.25) is 0 Å². The fourth-order valence-corrected chi connectivity index (χ4v) is 4.50. The predicted octanol–water partition coefficient (Wildman–Crippen LogP) is 3.13. The third kappa shape index (κ3) is 3.20. The third-order valence-corrected chi connectivity index (χ3v) is 5.69. The van der Waals surface area contributed by atoms with E-state index < -0.39 is 0 Å². The molecule has 0 aromatic heterocycles. The Bertz CT molecular complexity index is 312. The van der Waals surface area contributed by atoms with Gasteiger partial charge in [-0.3, -0.25) is 0 Å². The molecule has 1 aliphatic carbocycles. The van der Waals surface area contributed by atoms with E-state index in [2.05, 4.69) is 19.2 Å². The Morgan fingerprint density at radius 2 is 1.95 bits per heavy atom. The van der Waals surface area contributed by atoms with E-state index in [1.54, 1.807) is 0 Å². The summed E-state index contributed by atoms with van der Waals surface area (Å²) in [6, 6.07) is 1.36. The standard InChI is InChI=1S/C17H31NO2/c1-13(2)15-5-3-4-6-16(15)18-14-7-9-20-17(11-14)8-10-19-12-17/h13-16,18H,3-12H2,1-2H3. The lowest BCUT2D eigenvalue weighted by Gasteiger charge is -2.42. The normalized spacial score (nSPS) is 42.5. The second-order valence-corrected chi connectivity index (χ2v) is 7.49. The second-order valence-electron chi connectivity index (χ2n) is 7.49. The first-order valence-corrected chi connectivity index (χ1v) is 8.66. The molecule has 0 bridgehead atoms. The molecule has 2 saturated heterocycles. The molecule has 20 heavy (non-hydrogen) atoms. The zero-order valence-corrected chi connectivity index (χ0v) is 13.2. The van der Waals surface area contributed by atoms with Crippen LogP contribution in [-0.4, -0.2) is 37.5 Å². The van der Waals surface area contributed by atoms with Gasteiger partial charge in [0.05, 0.1) is 12.2 Å². The summed E-state index contributed by atoms with van der Waals surface area (Å²) < 4.78 is 11.6. The van der Waals surface area contributed by atoms with Gasteiger partial charge in [-0.05, 0) is 37.5 Å². The second kappa shape index (κ2) is 6.33. The molecule has 0 aromatic carbocycles.